The van der Waals surface area contributed by atoms with E-state index in [1.54, 1.807) is 24.5 Å². The van der Waals surface area contributed by atoms with E-state index in [0.717, 1.165) is 30.1 Å². The van der Waals surface area contributed by atoms with Crippen LogP contribution >= 0.6 is 11.3 Å². The van der Waals surface area contributed by atoms with Crippen molar-refractivity contribution in [1.29, 1.82) is 0 Å². The average Bonchev–Trinajstić information content (AvgIpc) is 3.37. The molecule has 1 aliphatic heterocycles. The van der Waals surface area contributed by atoms with Crippen molar-refractivity contribution in [3.63, 3.8) is 0 Å². The molecule has 1 aliphatic rings. The molecule has 0 radical (unpaired) electrons. The average molecular weight is 411 g/mol. The lowest BCUT2D eigenvalue weighted by Gasteiger charge is -2.32. The first kappa shape index (κ1) is 19.3. The summed E-state index contributed by atoms with van der Waals surface area (Å²) < 4.78 is 5.25. The molecule has 1 amide bonds. The smallest absolute Gasteiger partial charge is 0.246 e. The molecule has 29 heavy (non-hydrogen) atoms. The van der Waals surface area contributed by atoms with Gasteiger partial charge < -0.3 is 14.6 Å². The number of likely N-dealkylation sites (tertiary alicyclic amines) is 1. The Morgan fingerprint density at radius 3 is 3.00 bits per heavy atom. The van der Waals surface area contributed by atoms with Gasteiger partial charge in [0.2, 0.25) is 11.0 Å². The van der Waals surface area contributed by atoms with Gasteiger partial charge in [0, 0.05) is 31.1 Å². The van der Waals surface area contributed by atoms with Gasteiger partial charge in [-0.1, -0.05) is 11.3 Å². The number of nitrogens with zero attached hydrogens (tertiary/aromatic N) is 5. The van der Waals surface area contributed by atoms with Gasteiger partial charge in [-0.05, 0) is 44.9 Å². The highest BCUT2D eigenvalue weighted by molar-refractivity contribution is 7.15. The second-order valence-corrected chi connectivity index (χ2v) is 8.13. The zero-order valence-electron chi connectivity index (χ0n) is 16.3. The van der Waals surface area contributed by atoms with E-state index in [1.165, 1.54) is 11.3 Å². The Bertz CT molecular complexity index is 1010. The van der Waals surface area contributed by atoms with Crippen LogP contribution in [0, 0.1) is 13.8 Å². The fourth-order valence-corrected chi connectivity index (χ4v) is 3.98. The van der Waals surface area contributed by atoms with E-state index in [9.17, 15) is 4.79 Å². The Morgan fingerprint density at radius 2 is 2.24 bits per heavy atom. The van der Waals surface area contributed by atoms with E-state index in [2.05, 4.69) is 25.5 Å². The lowest BCUT2D eigenvalue weighted by molar-refractivity contribution is -0.127. The Hall–Kier alpha value is -3.07. The van der Waals surface area contributed by atoms with Crippen molar-refractivity contribution in [2.75, 3.05) is 18.4 Å². The van der Waals surface area contributed by atoms with Crippen molar-refractivity contribution in [1.82, 2.24) is 25.1 Å². The van der Waals surface area contributed by atoms with Gasteiger partial charge in [-0.25, -0.2) is 9.97 Å². The van der Waals surface area contributed by atoms with E-state index >= 15 is 0 Å². The summed E-state index contributed by atoms with van der Waals surface area (Å²) in [6.07, 6.45) is 6.78. The molecular weight excluding hydrogens is 388 g/mol. The van der Waals surface area contributed by atoms with E-state index in [4.69, 9.17) is 4.42 Å². The van der Waals surface area contributed by atoms with Crippen LogP contribution in [0.4, 0.5) is 10.9 Å². The zero-order valence-corrected chi connectivity index (χ0v) is 17.1. The summed E-state index contributed by atoms with van der Waals surface area (Å²) in [6.45, 7) is 5.16. The van der Waals surface area contributed by atoms with Crippen LogP contribution < -0.4 is 5.32 Å². The second kappa shape index (κ2) is 8.52. The maximum absolute atomic E-state index is 12.6. The third kappa shape index (κ3) is 4.86. The lowest BCUT2D eigenvalue weighted by atomic mass is 9.94. The second-order valence-electron chi connectivity index (χ2n) is 6.95. The predicted molar refractivity (Wildman–Crippen MR) is 111 cm³/mol. The molecule has 1 unspecified atom stereocenters. The maximum atomic E-state index is 12.6. The van der Waals surface area contributed by atoms with Crippen LogP contribution in [0.2, 0.25) is 0 Å². The van der Waals surface area contributed by atoms with E-state index < -0.39 is 0 Å². The van der Waals surface area contributed by atoms with Crippen LogP contribution in [0.5, 0.6) is 0 Å². The van der Waals surface area contributed by atoms with Crippen molar-refractivity contribution in [3.05, 3.63) is 52.8 Å². The van der Waals surface area contributed by atoms with Gasteiger partial charge >= 0.3 is 0 Å². The monoisotopic (exact) mass is 410 g/mol. The van der Waals surface area contributed by atoms with Gasteiger partial charge in [0.15, 0.2) is 0 Å². The number of aryl methyl sites for hydroxylation is 2. The summed E-state index contributed by atoms with van der Waals surface area (Å²) in [5.41, 5.74) is 0.939. The molecule has 1 saturated heterocycles. The quantitative estimate of drug-likeness (QED) is 0.641. The fourth-order valence-electron chi connectivity index (χ4n) is 3.38. The van der Waals surface area contributed by atoms with E-state index in [1.807, 2.05) is 30.9 Å². The largest absolute Gasteiger partial charge is 0.465 e. The highest BCUT2D eigenvalue weighted by Crippen LogP contribution is 2.28. The summed E-state index contributed by atoms with van der Waals surface area (Å²) in [6, 6.07) is 5.56. The van der Waals surface area contributed by atoms with Gasteiger partial charge in [0.25, 0.3) is 0 Å². The van der Waals surface area contributed by atoms with Crippen LogP contribution in [0.25, 0.3) is 6.08 Å². The molecule has 8 nitrogen and oxygen atoms in total. The standard InChI is InChI=1S/C20H22N6O2S/c1-13-21-17(11-18(22-13)23-20-25-24-14(2)29-20)15-5-3-9-26(12-15)19(27)8-7-16-6-4-10-28-16/h4,6-8,10-11,15H,3,5,9,12H2,1-2H3,(H,21,22,23,25)/b8-7+. The van der Waals surface area contributed by atoms with E-state index in [0.29, 0.717) is 29.1 Å². The van der Waals surface area contributed by atoms with Crippen LogP contribution in [-0.2, 0) is 4.79 Å². The SMILES string of the molecule is Cc1nc(Nc2nnc(C)s2)cc(C2CCCN(C(=O)/C=C/c3ccco3)C2)n1. The van der Waals surface area contributed by atoms with Gasteiger partial charge in [-0.3, -0.25) is 4.79 Å². The molecule has 4 rings (SSSR count). The minimum atomic E-state index is -0.0143. The number of piperidine rings is 1. The van der Waals surface area contributed by atoms with Crippen molar-refractivity contribution in [2.45, 2.75) is 32.6 Å². The molecule has 3 aromatic rings. The minimum absolute atomic E-state index is 0.0143. The summed E-state index contributed by atoms with van der Waals surface area (Å²) in [5, 5.41) is 12.9. The first-order valence-corrected chi connectivity index (χ1v) is 10.3. The molecule has 3 aromatic heterocycles. The van der Waals surface area contributed by atoms with Crippen LogP contribution in [0.3, 0.4) is 0 Å². The third-order valence-electron chi connectivity index (χ3n) is 4.70. The topological polar surface area (TPSA) is 97.0 Å². The molecule has 0 aromatic carbocycles. The maximum Gasteiger partial charge on any atom is 0.246 e. The Balaban J connectivity index is 1.46. The molecule has 1 fully saturated rings. The predicted octanol–water partition coefficient (Wildman–Crippen LogP) is 3.70. The van der Waals surface area contributed by atoms with Gasteiger partial charge in [0.05, 0.1) is 12.0 Å². The van der Waals surface area contributed by atoms with Gasteiger partial charge in [-0.2, -0.15) is 0 Å². The highest BCUT2D eigenvalue weighted by atomic mass is 32.1. The van der Waals surface area contributed by atoms with Crippen LogP contribution in [-0.4, -0.2) is 44.1 Å². The number of aromatic nitrogens is 4. The van der Waals surface area contributed by atoms with Crippen molar-refractivity contribution in [2.24, 2.45) is 0 Å². The molecule has 1 N–H and O–H groups in total. The Kier molecular flexibility index (Phi) is 5.66. The normalized spacial score (nSPS) is 17.0. The Morgan fingerprint density at radius 1 is 1.34 bits per heavy atom. The lowest BCUT2D eigenvalue weighted by Crippen LogP contribution is -2.38. The van der Waals surface area contributed by atoms with Crippen molar-refractivity contribution >= 4 is 34.3 Å². The number of hydrogen-bond acceptors (Lipinski definition) is 8. The molecule has 4 heterocycles. The van der Waals surface area contributed by atoms with Crippen LogP contribution in [0.1, 0.15) is 41.0 Å². The number of anilines is 2. The number of amides is 1. The number of hydrogen-bond donors (Lipinski definition) is 1. The molecule has 150 valence electrons. The van der Waals surface area contributed by atoms with Crippen molar-refractivity contribution in [3.8, 4) is 0 Å². The molecule has 0 aliphatic carbocycles. The van der Waals surface area contributed by atoms with E-state index in [-0.39, 0.29) is 11.8 Å². The Labute approximate surface area is 172 Å². The number of carbonyl (C=O) groups excluding carboxylic acids is 1. The molecule has 0 spiro atoms. The van der Waals surface area contributed by atoms with Crippen molar-refractivity contribution < 1.29 is 9.21 Å². The first-order valence-electron chi connectivity index (χ1n) is 9.50. The molecule has 1 atom stereocenters. The van der Waals surface area contributed by atoms with Crippen LogP contribution in [0.15, 0.2) is 35.0 Å². The summed E-state index contributed by atoms with van der Waals surface area (Å²) in [7, 11) is 0. The minimum Gasteiger partial charge on any atom is -0.465 e. The number of rotatable bonds is 5. The van der Waals surface area contributed by atoms with Gasteiger partial charge in [-0.15, -0.1) is 10.2 Å². The summed E-state index contributed by atoms with van der Waals surface area (Å²) in [4.78, 5) is 23.5. The fraction of sp³-hybridized carbons (Fsp3) is 0.350. The molecule has 0 bridgehead atoms. The summed E-state index contributed by atoms with van der Waals surface area (Å²) in [5.74, 6) is 2.21. The highest BCUT2D eigenvalue weighted by Gasteiger charge is 2.25. The number of nitrogens with one attached hydrogen (secondary N) is 1. The first-order chi connectivity index (χ1) is 14.1. The molecular formula is C20H22N6O2S. The molecule has 0 saturated carbocycles. The third-order valence-corrected chi connectivity index (χ3v) is 5.46. The molecule has 9 heteroatoms. The van der Waals surface area contributed by atoms with Gasteiger partial charge in [0.1, 0.15) is 22.4 Å². The number of furan rings is 1. The number of carbonyl (C=O) groups is 1. The summed E-state index contributed by atoms with van der Waals surface area (Å²) >= 11 is 1.48. The zero-order chi connectivity index (χ0) is 20.2.